The Hall–Kier alpha value is -0.0800. The van der Waals surface area contributed by atoms with E-state index in [1.54, 1.807) is 0 Å². The predicted molar refractivity (Wildman–Crippen MR) is 102 cm³/mol. The minimum atomic E-state index is 0.813. The van der Waals surface area contributed by atoms with Crippen molar-refractivity contribution in [3.63, 3.8) is 0 Å². The highest BCUT2D eigenvalue weighted by Crippen LogP contribution is 2.42. The fourth-order valence-electron chi connectivity index (χ4n) is 6.58. The maximum absolute atomic E-state index is 4.18. The van der Waals surface area contributed by atoms with Crippen LogP contribution in [0.25, 0.3) is 0 Å². The van der Waals surface area contributed by atoms with Crippen LogP contribution in [0.5, 0.6) is 0 Å². The van der Waals surface area contributed by atoms with Gasteiger partial charge in [0.2, 0.25) is 0 Å². The van der Waals surface area contributed by atoms with Crippen molar-refractivity contribution in [2.24, 2.45) is 11.8 Å². The Kier molecular flexibility index (Phi) is 6.17. The summed E-state index contributed by atoms with van der Waals surface area (Å²) < 4.78 is 0. The highest BCUT2D eigenvalue weighted by Gasteiger charge is 2.41. The number of hydrogen-bond acceptors (Lipinski definition) is 2. The summed E-state index contributed by atoms with van der Waals surface area (Å²) in [5.74, 6) is 1.94. The third kappa shape index (κ3) is 4.18. The van der Waals surface area contributed by atoms with Gasteiger partial charge in [-0.1, -0.05) is 64.2 Å². The van der Waals surface area contributed by atoms with Gasteiger partial charge in [0, 0.05) is 24.2 Å². The lowest BCUT2D eigenvalue weighted by Crippen LogP contribution is -2.57. The lowest BCUT2D eigenvalue weighted by molar-refractivity contribution is 0.0715. The zero-order valence-electron chi connectivity index (χ0n) is 15.8. The van der Waals surface area contributed by atoms with Crippen LogP contribution in [0.4, 0.5) is 0 Å². The molecule has 2 heteroatoms. The van der Waals surface area contributed by atoms with E-state index in [-0.39, 0.29) is 0 Å². The van der Waals surface area contributed by atoms with Crippen molar-refractivity contribution in [3.8, 4) is 0 Å². The zero-order chi connectivity index (χ0) is 16.2. The maximum Gasteiger partial charge on any atom is 0.0115 e. The van der Waals surface area contributed by atoms with Crippen LogP contribution in [0.3, 0.4) is 0 Å². The highest BCUT2D eigenvalue weighted by molar-refractivity contribution is 4.98. The van der Waals surface area contributed by atoms with E-state index >= 15 is 0 Å². The van der Waals surface area contributed by atoms with Crippen molar-refractivity contribution < 1.29 is 0 Å². The van der Waals surface area contributed by atoms with Gasteiger partial charge < -0.3 is 10.6 Å². The van der Waals surface area contributed by atoms with E-state index < -0.39 is 0 Å². The van der Waals surface area contributed by atoms with Crippen LogP contribution < -0.4 is 10.6 Å². The van der Waals surface area contributed by atoms with Gasteiger partial charge in [-0.3, -0.25) is 0 Å². The molecule has 0 aromatic carbocycles. The Bertz CT molecular complexity index is 336. The summed E-state index contributed by atoms with van der Waals surface area (Å²) >= 11 is 0. The molecule has 2 unspecified atom stereocenters. The summed E-state index contributed by atoms with van der Waals surface area (Å²) in [6.45, 7) is 0. The summed E-state index contributed by atoms with van der Waals surface area (Å²) in [6, 6.07) is 3.29. The Morgan fingerprint density at radius 1 is 0.417 bits per heavy atom. The molecule has 0 bridgehead atoms. The molecule has 0 aromatic heterocycles. The number of nitrogens with one attached hydrogen (secondary N) is 2. The molecule has 138 valence electrons. The zero-order valence-corrected chi connectivity index (χ0v) is 15.8. The van der Waals surface area contributed by atoms with Gasteiger partial charge >= 0.3 is 0 Å². The fourth-order valence-corrected chi connectivity index (χ4v) is 6.58. The molecule has 4 aliphatic rings. The van der Waals surface area contributed by atoms with Crippen LogP contribution in [0.15, 0.2) is 0 Å². The topological polar surface area (TPSA) is 24.1 Å². The average Bonchev–Trinajstić information content (AvgIpc) is 2.64. The molecule has 4 fully saturated rings. The molecule has 4 saturated carbocycles. The first-order chi connectivity index (χ1) is 11.9. The third-order valence-corrected chi connectivity index (χ3v) is 7.76. The first-order valence-electron chi connectivity index (χ1n) is 11.4. The standard InChI is InChI=1S/C22H40N2/c1-3-11-18(12-4-1)23-20-15-7-9-17-10-8-16-21(22(17)20)24-19-13-5-2-6-14-19/h17-24H,1-16H2. The van der Waals surface area contributed by atoms with Gasteiger partial charge in [0.05, 0.1) is 0 Å². The van der Waals surface area contributed by atoms with Crippen LogP contribution in [0.1, 0.15) is 103 Å². The van der Waals surface area contributed by atoms with Crippen molar-refractivity contribution in [2.75, 3.05) is 0 Å². The highest BCUT2D eigenvalue weighted by atomic mass is 15.0. The lowest BCUT2D eigenvalue weighted by Gasteiger charge is -2.49. The van der Waals surface area contributed by atoms with E-state index in [0.717, 1.165) is 36.0 Å². The summed E-state index contributed by atoms with van der Waals surface area (Å²) in [5, 5.41) is 8.37. The smallest absolute Gasteiger partial charge is 0.0115 e. The molecule has 2 N–H and O–H groups in total. The van der Waals surface area contributed by atoms with E-state index in [1.807, 2.05) is 0 Å². The van der Waals surface area contributed by atoms with Crippen molar-refractivity contribution in [1.29, 1.82) is 0 Å². The number of fused-ring (bicyclic) bond motifs is 1. The van der Waals surface area contributed by atoms with E-state index in [4.69, 9.17) is 0 Å². The van der Waals surface area contributed by atoms with E-state index in [1.165, 1.54) is 103 Å². The minimum Gasteiger partial charge on any atom is -0.311 e. The van der Waals surface area contributed by atoms with Gasteiger partial charge in [0.15, 0.2) is 0 Å². The molecule has 2 atom stereocenters. The Balaban J connectivity index is 1.40. The monoisotopic (exact) mass is 332 g/mol. The summed E-state index contributed by atoms with van der Waals surface area (Å²) in [6.07, 6.45) is 23.4. The molecular formula is C22H40N2. The molecule has 0 radical (unpaired) electrons. The van der Waals surface area contributed by atoms with Crippen LogP contribution in [0, 0.1) is 11.8 Å². The molecule has 0 saturated heterocycles. The van der Waals surface area contributed by atoms with Crippen molar-refractivity contribution in [2.45, 2.75) is 127 Å². The van der Waals surface area contributed by atoms with E-state index in [0.29, 0.717) is 0 Å². The fraction of sp³-hybridized carbons (Fsp3) is 1.00. The molecule has 0 aromatic rings. The van der Waals surface area contributed by atoms with Crippen LogP contribution >= 0.6 is 0 Å². The van der Waals surface area contributed by atoms with Gasteiger partial charge in [-0.2, -0.15) is 0 Å². The first kappa shape index (κ1) is 17.3. The molecule has 0 spiro atoms. The third-order valence-electron chi connectivity index (χ3n) is 7.76. The average molecular weight is 333 g/mol. The van der Waals surface area contributed by atoms with Gasteiger partial charge in [-0.15, -0.1) is 0 Å². The number of rotatable bonds is 4. The van der Waals surface area contributed by atoms with Crippen LogP contribution in [0.2, 0.25) is 0 Å². The molecule has 2 nitrogen and oxygen atoms in total. The molecule has 4 aliphatic carbocycles. The van der Waals surface area contributed by atoms with Crippen LogP contribution in [-0.2, 0) is 0 Å². The second-order valence-corrected chi connectivity index (χ2v) is 9.42. The molecule has 24 heavy (non-hydrogen) atoms. The molecule has 0 aliphatic heterocycles. The maximum atomic E-state index is 4.18. The van der Waals surface area contributed by atoms with Crippen LogP contribution in [-0.4, -0.2) is 24.2 Å². The second-order valence-electron chi connectivity index (χ2n) is 9.42. The van der Waals surface area contributed by atoms with E-state index in [9.17, 15) is 0 Å². The molecular weight excluding hydrogens is 292 g/mol. The Morgan fingerprint density at radius 2 is 0.875 bits per heavy atom. The van der Waals surface area contributed by atoms with Gasteiger partial charge in [-0.05, 0) is 50.4 Å². The van der Waals surface area contributed by atoms with E-state index in [2.05, 4.69) is 10.6 Å². The summed E-state index contributed by atoms with van der Waals surface area (Å²) in [5.41, 5.74) is 0. The lowest BCUT2D eigenvalue weighted by atomic mass is 9.65. The van der Waals surface area contributed by atoms with Crippen molar-refractivity contribution in [3.05, 3.63) is 0 Å². The van der Waals surface area contributed by atoms with Gasteiger partial charge in [0.1, 0.15) is 0 Å². The normalized spacial score (nSPS) is 39.5. The number of hydrogen-bond donors (Lipinski definition) is 2. The molecule has 4 rings (SSSR count). The first-order valence-corrected chi connectivity index (χ1v) is 11.4. The SMILES string of the molecule is C1CCC(NC2CCCC3CCCC(NC4CCCCC4)C32)CC1. The second kappa shape index (κ2) is 8.54. The Morgan fingerprint density at radius 3 is 1.33 bits per heavy atom. The van der Waals surface area contributed by atoms with Crippen molar-refractivity contribution in [1.82, 2.24) is 10.6 Å². The predicted octanol–water partition coefficient (Wildman–Crippen LogP) is 5.17. The molecule has 0 heterocycles. The van der Waals surface area contributed by atoms with Gasteiger partial charge in [0.25, 0.3) is 0 Å². The van der Waals surface area contributed by atoms with Crippen molar-refractivity contribution >= 4 is 0 Å². The summed E-state index contributed by atoms with van der Waals surface area (Å²) in [4.78, 5) is 0. The van der Waals surface area contributed by atoms with Gasteiger partial charge in [-0.25, -0.2) is 0 Å². The minimum absolute atomic E-state index is 0.813. The quantitative estimate of drug-likeness (QED) is 0.742. The largest absolute Gasteiger partial charge is 0.311 e. The molecule has 0 amide bonds. The summed E-state index contributed by atoms with van der Waals surface area (Å²) in [7, 11) is 0. The Labute approximate surface area is 149 Å².